The van der Waals surface area contributed by atoms with Gasteiger partial charge < -0.3 is 10.2 Å². The highest BCUT2D eigenvalue weighted by atomic mass is 16.2. The van der Waals surface area contributed by atoms with E-state index in [1.807, 2.05) is 41.3 Å². The van der Waals surface area contributed by atoms with Crippen molar-refractivity contribution >= 4 is 17.5 Å². The van der Waals surface area contributed by atoms with E-state index < -0.39 is 0 Å². The first kappa shape index (κ1) is 17.2. The second kappa shape index (κ2) is 7.22. The normalized spacial score (nSPS) is 20.1. The molecule has 1 N–H and O–H groups in total. The molecule has 1 aliphatic carbocycles. The molecule has 2 aliphatic rings. The predicted molar refractivity (Wildman–Crippen MR) is 107 cm³/mol. The molecule has 3 aromatic rings. The molecule has 28 heavy (non-hydrogen) atoms. The van der Waals surface area contributed by atoms with E-state index in [1.54, 1.807) is 4.52 Å². The van der Waals surface area contributed by atoms with Crippen molar-refractivity contribution in [2.75, 3.05) is 18.4 Å². The molecule has 144 valence electrons. The summed E-state index contributed by atoms with van der Waals surface area (Å²) in [7, 11) is 0. The molecule has 1 atom stereocenters. The van der Waals surface area contributed by atoms with Crippen LogP contribution in [0.2, 0.25) is 0 Å². The Labute approximate surface area is 163 Å². The van der Waals surface area contributed by atoms with Gasteiger partial charge in [0.05, 0.1) is 5.69 Å². The quantitative estimate of drug-likeness (QED) is 0.758. The highest BCUT2D eigenvalue weighted by Crippen LogP contribution is 2.29. The van der Waals surface area contributed by atoms with Crippen molar-refractivity contribution in [3.05, 3.63) is 42.7 Å². The van der Waals surface area contributed by atoms with Crippen LogP contribution in [-0.2, 0) is 4.79 Å². The molecule has 5 rings (SSSR count). The number of nitrogens with one attached hydrogen (secondary N) is 1. The van der Waals surface area contributed by atoms with E-state index in [1.165, 1.54) is 19.2 Å². The highest BCUT2D eigenvalue weighted by Gasteiger charge is 2.32. The number of hydrogen-bond donors (Lipinski definition) is 1. The SMILES string of the molecule is O=C(C1CCCC1)N1CCC(Nc2cc(-c3ccccc3)nc3ncnn23)C1. The van der Waals surface area contributed by atoms with Crippen LogP contribution in [-0.4, -0.2) is 49.5 Å². The van der Waals surface area contributed by atoms with Gasteiger partial charge in [0, 0.05) is 36.7 Å². The Hall–Kier alpha value is -2.96. The van der Waals surface area contributed by atoms with Gasteiger partial charge in [0.25, 0.3) is 5.78 Å². The third-order valence-electron chi connectivity index (χ3n) is 5.88. The van der Waals surface area contributed by atoms with E-state index in [4.69, 9.17) is 0 Å². The zero-order chi connectivity index (χ0) is 18.9. The third-order valence-corrected chi connectivity index (χ3v) is 5.88. The summed E-state index contributed by atoms with van der Waals surface area (Å²) >= 11 is 0. The number of hydrogen-bond acceptors (Lipinski definition) is 5. The van der Waals surface area contributed by atoms with Gasteiger partial charge in [-0.15, -0.1) is 0 Å². The number of carbonyl (C=O) groups excluding carboxylic acids is 1. The lowest BCUT2D eigenvalue weighted by Crippen LogP contribution is -2.35. The molecule has 7 nitrogen and oxygen atoms in total. The first-order valence-corrected chi connectivity index (χ1v) is 10.1. The van der Waals surface area contributed by atoms with Gasteiger partial charge in [-0.25, -0.2) is 4.98 Å². The van der Waals surface area contributed by atoms with Crippen molar-refractivity contribution in [2.45, 2.75) is 38.1 Å². The summed E-state index contributed by atoms with van der Waals surface area (Å²) in [6, 6.07) is 12.3. The van der Waals surface area contributed by atoms with Crippen molar-refractivity contribution in [3.8, 4) is 11.3 Å². The minimum absolute atomic E-state index is 0.212. The molecule has 1 amide bonds. The van der Waals surface area contributed by atoms with Crippen molar-refractivity contribution in [1.82, 2.24) is 24.5 Å². The van der Waals surface area contributed by atoms with Crippen LogP contribution in [0.3, 0.4) is 0 Å². The molecule has 0 bridgehead atoms. The predicted octanol–water partition coefficient (Wildman–Crippen LogP) is 2.99. The number of aromatic nitrogens is 4. The standard InChI is InChI=1S/C21H24N6O/c28-20(16-8-4-5-9-16)26-11-10-17(13-26)24-19-12-18(15-6-2-1-3-7-15)25-21-22-14-23-27(19)21/h1-3,6-7,12,14,16-17,24H,4-5,8-11,13H2. The number of nitrogens with zero attached hydrogens (tertiary/aromatic N) is 5. The van der Waals surface area contributed by atoms with Gasteiger partial charge in [-0.3, -0.25) is 4.79 Å². The van der Waals surface area contributed by atoms with Crippen LogP contribution in [0.5, 0.6) is 0 Å². The first-order valence-electron chi connectivity index (χ1n) is 10.1. The lowest BCUT2D eigenvalue weighted by Gasteiger charge is -2.21. The van der Waals surface area contributed by atoms with E-state index >= 15 is 0 Å². The Morgan fingerprint density at radius 2 is 1.93 bits per heavy atom. The van der Waals surface area contributed by atoms with E-state index in [0.717, 1.165) is 49.4 Å². The van der Waals surface area contributed by atoms with Gasteiger partial charge in [0.15, 0.2) is 0 Å². The number of amides is 1. The minimum atomic E-state index is 0.212. The molecule has 1 aromatic carbocycles. The molecule has 1 saturated carbocycles. The Morgan fingerprint density at radius 3 is 2.75 bits per heavy atom. The van der Waals surface area contributed by atoms with E-state index in [0.29, 0.717) is 11.7 Å². The maximum Gasteiger partial charge on any atom is 0.254 e. The number of benzene rings is 1. The number of anilines is 1. The highest BCUT2D eigenvalue weighted by molar-refractivity contribution is 5.79. The van der Waals surface area contributed by atoms with Crippen LogP contribution in [0.25, 0.3) is 17.0 Å². The Balaban J connectivity index is 1.36. The minimum Gasteiger partial charge on any atom is -0.365 e. The zero-order valence-electron chi connectivity index (χ0n) is 15.8. The molecule has 2 aromatic heterocycles. The fourth-order valence-electron chi connectivity index (χ4n) is 4.39. The van der Waals surface area contributed by atoms with Crippen LogP contribution >= 0.6 is 0 Å². The van der Waals surface area contributed by atoms with E-state index in [-0.39, 0.29) is 12.0 Å². The number of carbonyl (C=O) groups is 1. The topological polar surface area (TPSA) is 75.4 Å². The zero-order valence-corrected chi connectivity index (χ0v) is 15.8. The van der Waals surface area contributed by atoms with E-state index in [9.17, 15) is 4.79 Å². The summed E-state index contributed by atoms with van der Waals surface area (Å²) in [4.78, 5) is 23.6. The summed E-state index contributed by atoms with van der Waals surface area (Å²) in [5.74, 6) is 2.01. The van der Waals surface area contributed by atoms with Gasteiger partial charge >= 0.3 is 0 Å². The Kier molecular flexibility index (Phi) is 4.43. The molecule has 3 heterocycles. The fourth-order valence-corrected chi connectivity index (χ4v) is 4.39. The summed E-state index contributed by atoms with van der Waals surface area (Å²) in [5, 5.41) is 7.89. The number of rotatable bonds is 4. The molecule has 1 unspecified atom stereocenters. The van der Waals surface area contributed by atoms with Crippen LogP contribution in [0.15, 0.2) is 42.7 Å². The average molecular weight is 376 g/mol. The lowest BCUT2D eigenvalue weighted by molar-refractivity contribution is -0.134. The van der Waals surface area contributed by atoms with Crippen molar-refractivity contribution in [1.29, 1.82) is 0 Å². The molecule has 0 spiro atoms. The molecular weight excluding hydrogens is 352 g/mol. The number of likely N-dealkylation sites (tertiary alicyclic amines) is 1. The fraction of sp³-hybridized carbons (Fsp3) is 0.429. The third kappa shape index (κ3) is 3.21. The summed E-state index contributed by atoms with van der Waals surface area (Å²) in [5.41, 5.74) is 1.90. The Morgan fingerprint density at radius 1 is 1.11 bits per heavy atom. The monoisotopic (exact) mass is 376 g/mol. The second-order valence-electron chi connectivity index (χ2n) is 7.76. The van der Waals surface area contributed by atoms with Crippen molar-refractivity contribution in [2.24, 2.45) is 5.92 Å². The van der Waals surface area contributed by atoms with Gasteiger partial charge in [0.1, 0.15) is 12.1 Å². The van der Waals surface area contributed by atoms with Crippen molar-refractivity contribution < 1.29 is 4.79 Å². The summed E-state index contributed by atoms with van der Waals surface area (Å²) < 4.78 is 1.73. The van der Waals surface area contributed by atoms with Crippen LogP contribution in [0.1, 0.15) is 32.1 Å². The Bertz CT molecular complexity index is 979. The molecule has 1 aliphatic heterocycles. The maximum atomic E-state index is 12.7. The summed E-state index contributed by atoms with van der Waals surface area (Å²) in [6.45, 7) is 1.57. The van der Waals surface area contributed by atoms with Gasteiger partial charge in [0.2, 0.25) is 5.91 Å². The molecule has 1 saturated heterocycles. The van der Waals surface area contributed by atoms with Gasteiger partial charge in [-0.05, 0) is 19.3 Å². The lowest BCUT2D eigenvalue weighted by atomic mass is 10.1. The maximum absolute atomic E-state index is 12.7. The van der Waals surface area contributed by atoms with Gasteiger partial charge in [-0.2, -0.15) is 14.6 Å². The van der Waals surface area contributed by atoms with Gasteiger partial charge in [-0.1, -0.05) is 43.2 Å². The smallest absolute Gasteiger partial charge is 0.254 e. The van der Waals surface area contributed by atoms with Crippen LogP contribution < -0.4 is 5.32 Å². The van der Waals surface area contributed by atoms with Crippen LogP contribution in [0, 0.1) is 5.92 Å². The first-order chi connectivity index (χ1) is 13.8. The number of fused-ring (bicyclic) bond motifs is 1. The van der Waals surface area contributed by atoms with Crippen LogP contribution in [0.4, 0.5) is 5.82 Å². The summed E-state index contributed by atoms with van der Waals surface area (Å²) in [6.07, 6.45) is 6.95. The van der Waals surface area contributed by atoms with Crippen molar-refractivity contribution in [3.63, 3.8) is 0 Å². The molecule has 7 heteroatoms. The second-order valence-corrected chi connectivity index (χ2v) is 7.76. The average Bonchev–Trinajstić information content (AvgIpc) is 3.49. The molecule has 0 radical (unpaired) electrons. The van der Waals surface area contributed by atoms with E-state index in [2.05, 4.69) is 20.4 Å². The molecule has 2 fully saturated rings. The molecular formula is C21H24N6O. The largest absolute Gasteiger partial charge is 0.365 e.